The molecule has 124 valence electrons. The van der Waals surface area contributed by atoms with Crippen molar-refractivity contribution in [2.45, 2.75) is 19.9 Å². The number of hydrogen-bond donors (Lipinski definition) is 1. The first-order valence-corrected chi connectivity index (χ1v) is 7.95. The molecule has 0 aromatic heterocycles. The minimum atomic E-state index is -0.681. The first-order chi connectivity index (χ1) is 11.5. The van der Waals surface area contributed by atoms with Crippen molar-refractivity contribution in [2.24, 2.45) is 5.92 Å². The van der Waals surface area contributed by atoms with E-state index >= 15 is 0 Å². The zero-order valence-electron chi connectivity index (χ0n) is 13.5. The second-order valence-electron chi connectivity index (χ2n) is 6.01. The fourth-order valence-corrected chi connectivity index (χ4v) is 2.86. The summed E-state index contributed by atoms with van der Waals surface area (Å²) in [6.07, 6.45) is 0.488. The van der Waals surface area contributed by atoms with Gasteiger partial charge in [-0.1, -0.05) is 29.8 Å². The Kier molecular flexibility index (Phi) is 4.60. The van der Waals surface area contributed by atoms with Crippen molar-refractivity contribution in [3.05, 3.63) is 65.5 Å². The smallest absolute Gasteiger partial charge is 0.239 e. The van der Waals surface area contributed by atoms with E-state index in [9.17, 15) is 14.0 Å². The van der Waals surface area contributed by atoms with Crippen LogP contribution in [0.3, 0.4) is 0 Å². The van der Waals surface area contributed by atoms with Gasteiger partial charge in [-0.15, -0.1) is 0 Å². The molecule has 4 nitrogen and oxygen atoms in total. The fourth-order valence-electron chi connectivity index (χ4n) is 2.86. The van der Waals surface area contributed by atoms with Crippen molar-refractivity contribution in [1.29, 1.82) is 0 Å². The van der Waals surface area contributed by atoms with Crippen molar-refractivity contribution < 1.29 is 14.0 Å². The van der Waals surface area contributed by atoms with Crippen molar-refractivity contribution in [1.82, 2.24) is 5.32 Å². The lowest BCUT2D eigenvalue weighted by Crippen LogP contribution is -2.36. The number of carbonyl (C=O) groups is 2. The Labute approximate surface area is 140 Å². The van der Waals surface area contributed by atoms with Gasteiger partial charge in [0.2, 0.25) is 11.8 Å². The molecule has 2 aromatic carbocycles. The van der Waals surface area contributed by atoms with Crippen molar-refractivity contribution in [3.63, 3.8) is 0 Å². The lowest BCUT2D eigenvalue weighted by atomic mass is 10.1. The van der Waals surface area contributed by atoms with Crippen LogP contribution in [0.1, 0.15) is 17.5 Å². The highest BCUT2D eigenvalue weighted by Gasteiger charge is 2.37. The Morgan fingerprint density at radius 3 is 2.71 bits per heavy atom. The Morgan fingerprint density at radius 2 is 2.00 bits per heavy atom. The van der Waals surface area contributed by atoms with Gasteiger partial charge in [0.15, 0.2) is 0 Å². The first-order valence-electron chi connectivity index (χ1n) is 7.95. The van der Waals surface area contributed by atoms with E-state index in [-0.39, 0.29) is 24.2 Å². The van der Waals surface area contributed by atoms with Crippen LogP contribution in [0.25, 0.3) is 0 Å². The second-order valence-corrected chi connectivity index (χ2v) is 6.01. The molecule has 0 unspecified atom stereocenters. The first kappa shape index (κ1) is 16.2. The van der Waals surface area contributed by atoms with Crippen molar-refractivity contribution in [3.8, 4) is 0 Å². The molecule has 5 heteroatoms. The summed E-state index contributed by atoms with van der Waals surface area (Å²) in [5.41, 5.74) is 2.60. The zero-order valence-corrected chi connectivity index (χ0v) is 13.5. The van der Waals surface area contributed by atoms with Crippen LogP contribution < -0.4 is 10.2 Å². The summed E-state index contributed by atoms with van der Waals surface area (Å²) in [6.45, 7) is 2.73. The summed E-state index contributed by atoms with van der Waals surface area (Å²) in [7, 11) is 0. The van der Waals surface area contributed by atoms with Gasteiger partial charge in [-0.3, -0.25) is 9.59 Å². The summed E-state index contributed by atoms with van der Waals surface area (Å²) in [5, 5.41) is 2.73. The number of nitrogens with one attached hydrogen (secondary N) is 1. The Balaban J connectivity index is 1.62. The molecule has 1 fully saturated rings. The Morgan fingerprint density at radius 1 is 1.25 bits per heavy atom. The predicted octanol–water partition coefficient (Wildman–Crippen LogP) is 2.80. The standard InChI is InChI=1S/C19H19FN2O2/c1-13-5-7-16(8-6-13)22-10-9-17(19(22)24)18(23)21-12-14-3-2-4-15(20)11-14/h2-8,11,17H,9-10,12H2,1H3,(H,21,23)/t17-/m0/s1. The normalized spacial score (nSPS) is 17.2. The highest BCUT2D eigenvalue weighted by molar-refractivity contribution is 6.09. The van der Waals surface area contributed by atoms with Crippen LogP contribution in [0.15, 0.2) is 48.5 Å². The van der Waals surface area contributed by atoms with Crippen molar-refractivity contribution >= 4 is 17.5 Å². The van der Waals surface area contributed by atoms with Crippen LogP contribution in [0.4, 0.5) is 10.1 Å². The van der Waals surface area contributed by atoms with Crippen molar-refractivity contribution in [2.75, 3.05) is 11.4 Å². The van der Waals surface area contributed by atoms with E-state index in [0.717, 1.165) is 11.3 Å². The van der Waals surface area contributed by atoms with E-state index in [2.05, 4.69) is 5.32 Å². The van der Waals surface area contributed by atoms with Crippen LogP contribution in [-0.2, 0) is 16.1 Å². The third kappa shape index (κ3) is 3.45. The largest absolute Gasteiger partial charge is 0.351 e. The van der Waals surface area contributed by atoms with Crippen LogP contribution in [0, 0.1) is 18.7 Å². The number of anilines is 1. The number of carbonyl (C=O) groups excluding carboxylic acids is 2. The highest BCUT2D eigenvalue weighted by atomic mass is 19.1. The minimum absolute atomic E-state index is 0.185. The average molecular weight is 326 g/mol. The van der Waals surface area contributed by atoms with Gasteiger partial charge >= 0.3 is 0 Å². The molecule has 1 aliphatic rings. The Hall–Kier alpha value is -2.69. The molecular formula is C19H19FN2O2. The molecule has 1 N–H and O–H groups in total. The molecule has 2 amide bonds. The lowest BCUT2D eigenvalue weighted by Gasteiger charge is -2.17. The van der Waals surface area contributed by atoms with Crippen LogP contribution >= 0.6 is 0 Å². The van der Waals surface area contributed by atoms with Gasteiger partial charge in [0.1, 0.15) is 11.7 Å². The molecular weight excluding hydrogens is 307 g/mol. The molecule has 3 rings (SSSR count). The highest BCUT2D eigenvalue weighted by Crippen LogP contribution is 2.25. The van der Waals surface area contributed by atoms with Crippen LogP contribution in [-0.4, -0.2) is 18.4 Å². The third-order valence-corrected chi connectivity index (χ3v) is 4.22. The molecule has 24 heavy (non-hydrogen) atoms. The van der Waals surface area contributed by atoms with Gasteiger partial charge in [-0.05, 0) is 43.2 Å². The van der Waals surface area contributed by atoms with Crippen LogP contribution in [0.2, 0.25) is 0 Å². The number of hydrogen-bond acceptors (Lipinski definition) is 2. The molecule has 0 saturated carbocycles. The maximum Gasteiger partial charge on any atom is 0.239 e. The van der Waals surface area contributed by atoms with E-state index in [1.54, 1.807) is 17.0 Å². The van der Waals surface area contributed by atoms with E-state index in [1.165, 1.54) is 12.1 Å². The predicted molar refractivity (Wildman–Crippen MR) is 89.9 cm³/mol. The molecule has 0 spiro atoms. The summed E-state index contributed by atoms with van der Waals surface area (Å²) in [4.78, 5) is 26.4. The molecule has 1 saturated heterocycles. The van der Waals surface area contributed by atoms with E-state index in [4.69, 9.17) is 0 Å². The second kappa shape index (κ2) is 6.83. The maximum absolute atomic E-state index is 13.1. The molecule has 1 aliphatic heterocycles. The quantitative estimate of drug-likeness (QED) is 0.879. The van der Waals surface area contributed by atoms with Gasteiger partial charge in [-0.25, -0.2) is 4.39 Å². The van der Waals surface area contributed by atoms with Gasteiger partial charge < -0.3 is 10.2 Å². The molecule has 0 bridgehead atoms. The molecule has 2 aromatic rings. The van der Waals surface area contributed by atoms with Crippen LogP contribution in [0.5, 0.6) is 0 Å². The molecule has 0 aliphatic carbocycles. The fraction of sp³-hybridized carbons (Fsp3) is 0.263. The van der Waals surface area contributed by atoms with E-state index in [1.807, 2.05) is 31.2 Å². The number of nitrogens with zero attached hydrogens (tertiary/aromatic N) is 1. The maximum atomic E-state index is 13.1. The molecule has 0 radical (unpaired) electrons. The average Bonchev–Trinajstić information content (AvgIpc) is 2.95. The Bertz CT molecular complexity index is 758. The number of rotatable bonds is 4. The van der Waals surface area contributed by atoms with E-state index in [0.29, 0.717) is 18.5 Å². The number of aryl methyl sites for hydroxylation is 1. The lowest BCUT2D eigenvalue weighted by molar-refractivity contribution is -0.132. The summed E-state index contributed by atoms with van der Waals surface area (Å²) >= 11 is 0. The SMILES string of the molecule is Cc1ccc(N2CC[C@@H](C(=O)NCc3cccc(F)c3)C2=O)cc1. The number of amides is 2. The number of halogens is 1. The van der Waals surface area contributed by atoms with Gasteiger partial charge in [0, 0.05) is 18.8 Å². The third-order valence-electron chi connectivity index (χ3n) is 4.22. The van der Waals surface area contributed by atoms with Gasteiger partial charge in [0.25, 0.3) is 0 Å². The molecule has 1 atom stereocenters. The topological polar surface area (TPSA) is 49.4 Å². The summed E-state index contributed by atoms with van der Waals surface area (Å²) in [5.74, 6) is -1.52. The van der Waals surface area contributed by atoms with Gasteiger partial charge in [-0.2, -0.15) is 0 Å². The summed E-state index contributed by atoms with van der Waals surface area (Å²) in [6, 6.07) is 13.7. The minimum Gasteiger partial charge on any atom is -0.351 e. The monoisotopic (exact) mass is 326 g/mol. The summed E-state index contributed by atoms with van der Waals surface area (Å²) < 4.78 is 13.1. The number of benzene rings is 2. The van der Waals surface area contributed by atoms with E-state index < -0.39 is 5.92 Å². The zero-order chi connectivity index (χ0) is 17.1. The molecule has 1 heterocycles. The van der Waals surface area contributed by atoms with Gasteiger partial charge in [0.05, 0.1) is 0 Å².